The van der Waals surface area contributed by atoms with E-state index in [2.05, 4.69) is 0 Å². The van der Waals surface area contributed by atoms with Gasteiger partial charge < -0.3 is 14.2 Å². The summed E-state index contributed by atoms with van der Waals surface area (Å²) in [5.41, 5.74) is 4.76. The number of carbonyl (C=O) groups is 3. The van der Waals surface area contributed by atoms with Crippen molar-refractivity contribution in [3.63, 3.8) is 0 Å². The summed E-state index contributed by atoms with van der Waals surface area (Å²) in [7, 11) is 3.12. The van der Waals surface area contributed by atoms with Gasteiger partial charge in [-0.1, -0.05) is 23.2 Å². The fraction of sp³-hybridized carbons (Fsp3) is 0.162. The number of rotatable bonds is 8. The number of fused-ring (bicyclic) bond motifs is 2. The summed E-state index contributed by atoms with van der Waals surface area (Å²) in [6, 6.07) is 24.1. The van der Waals surface area contributed by atoms with E-state index in [9.17, 15) is 14.4 Å². The van der Waals surface area contributed by atoms with Crippen LogP contribution in [0.15, 0.2) is 84.9 Å². The Morgan fingerprint density at radius 3 is 1.49 bits per heavy atom. The Morgan fingerprint density at radius 1 is 0.617 bits per heavy atom. The number of hydrogen-bond acceptors (Lipinski definition) is 6. The number of aromatic nitrogens is 2. The molecule has 0 unspecified atom stereocenters. The lowest BCUT2D eigenvalue weighted by molar-refractivity contribution is -0.144. The molecule has 0 aliphatic rings. The van der Waals surface area contributed by atoms with Crippen molar-refractivity contribution < 1.29 is 28.6 Å². The van der Waals surface area contributed by atoms with Crippen LogP contribution in [0.25, 0.3) is 21.8 Å². The predicted molar refractivity (Wildman–Crippen MR) is 182 cm³/mol. The summed E-state index contributed by atoms with van der Waals surface area (Å²) in [5.74, 6) is 0.197. The highest BCUT2D eigenvalue weighted by Crippen LogP contribution is 2.33. The van der Waals surface area contributed by atoms with E-state index in [0.717, 1.165) is 5.39 Å². The first-order chi connectivity index (χ1) is 22.6. The third kappa shape index (κ3) is 5.98. The Balaban J connectivity index is 1.33. The minimum absolute atomic E-state index is 0.0834. The highest BCUT2D eigenvalue weighted by atomic mass is 35.5. The fourth-order valence-electron chi connectivity index (χ4n) is 5.90. The van der Waals surface area contributed by atoms with Crippen molar-refractivity contribution in [2.45, 2.75) is 26.9 Å². The Hall–Kier alpha value is -5.05. The van der Waals surface area contributed by atoms with E-state index in [0.29, 0.717) is 71.6 Å². The molecule has 0 aliphatic heterocycles. The number of benzene rings is 4. The van der Waals surface area contributed by atoms with Gasteiger partial charge in [0, 0.05) is 48.9 Å². The molecule has 0 bridgehead atoms. The van der Waals surface area contributed by atoms with Crippen LogP contribution in [0.1, 0.15) is 43.2 Å². The van der Waals surface area contributed by atoms with E-state index >= 15 is 0 Å². The van der Waals surface area contributed by atoms with Crippen LogP contribution in [0.3, 0.4) is 0 Å². The van der Waals surface area contributed by atoms with Crippen molar-refractivity contribution in [3.05, 3.63) is 129 Å². The summed E-state index contributed by atoms with van der Waals surface area (Å²) in [6.07, 6.45) is -0.0961. The molecule has 0 N–H and O–H groups in total. The molecule has 238 valence electrons. The molecule has 0 aliphatic carbocycles. The van der Waals surface area contributed by atoms with Crippen LogP contribution in [-0.4, -0.2) is 41.1 Å². The topological polar surface area (TPSA) is 88.8 Å². The minimum atomic E-state index is -0.499. The van der Waals surface area contributed by atoms with Gasteiger partial charge in [0.05, 0.1) is 31.7 Å². The molecule has 2 aromatic heterocycles. The SMILES string of the molecule is COc1ccc2c(c1)c(COC(=O)Cc1c(C)n(C(=O)c3ccc(Cl)cc3)c3ccc(OC)cc13)c(C)n2C(=O)c1ccc(Cl)cc1. The molecule has 6 aromatic rings. The van der Waals surface area contributed by atoms with E-state index in [-0.39, 0.29) is 24.8 Å². The van der Waals surface area contributed by atoms with Gasteiger partial charge in [0.25, 0.3) is 11.8 Å². The van der Waals surface area contributed by atoms with E-state index in [1.165, 1.54) is 0 Å². The van der Waals surface area contributed by atoms with Gasteiger partial charge in [-0.3, -0.25) is 23.5 Å². The zero-order valence-electron chi connectivity index (χ0n) is 26.1. The van der Waals surface area contributed by atoms with Crippen molar-refractivity contribution in [1.82, 2.24) is 9.13 Å². The summed E-state index contributed by atoms with van der Waals surface area (Å²) in [5, 5.41) is 2.48. The van der Waals surface area contributed by atoms with Gasteiger partial charge in [-0.05, 0) is 104 Å². The molecule has 0 spiro atoms. The zero-order chi connectivity index (χ0) is 33.4. The van der Waals surface area contributed by atoms with Crippen LogP contribution in [0, 0.1) is 13.8 Å². The van der Waals surface area contributed by atoms with Crippen LogP contribution < -0.4 is 9.47 Å². The smallest absolute Gasteiger partial charge is 0.310 e. The molecular weight excluding hydrogens is 639 g/mol. The van der Waals surface area contributed by atoms with Crippen molar-refractivity contribution in [1.29, 1.82) is 0 Å². The lowest BCUT2D eigenvalue weighted by Crippen LogP contribution is -2.15. The van der Waals surface area contributed by atoms with Gasteiger partial charge in [-0.15, -0.1) is 0 Å². The van der Waals surface area contributed by atoms with Crippen LogP contribution in [0.5, 0.6) is 11.5 Å². The van der Waals surface area contributed by atoms with Gasteiger partial charge in [0.1, 0.15) is 18.1 Å². The highest BCUT2D eigenvalue weighted by Gasteiger charge is 2.25. The minimum Gasteiger partial charge on any atom is -0.497 e. The van der Waals surface area contributed by atoms with Gasteiger partial charge >= 0.3 is 5.97 Å². The first kappa shape index (κ1) is 31.9. The van der Waals surface area contributed by atoms with Crippen molar-refractivity contribution in [2.24, 2.45) is 0 Å². The Bertz CT molecular complexity index is 2180. The average molecular weight is 670 g/mol. The maximum Gasteiger partial charge on any atom is 0.310 e. The molecule has 0 fully saturated rings. The quantitative estimate of drug-likeness (QED) is 0.152. The maximum atomic E-state index is 13.7. The molecule has 0 saturated carbocycles. The molecule has 0 saturated heterocycles. The number of methoxy groups -OCH3 is 2. The standard InChI is InChI=1S/C37H30Cl2N2O6/c1-21-29(30-17-27(45-3)13-15-33(30)40(21)36(43)23-5-9-25(38)10-6-23)19-35(42)47-20-32-22(2)41(34-16-14-28(46-4)18-31(32)34)37(44)24-7-11-26(39)12-8-24/h5-18H,19-20H2,1-4H3. The molecule has 4 aromatic carbocycles. The maximum absolute atomic E-state index is 13.7. The summed E-state index contributed by atoms with van der Waals surface area (Å²) >= 11 is 12.1. The normalized spacial score (nSPS) is 11.2. The largest absolute Gasteiger partial charge is 0.497 e. The van der Waals surface area contributed by atoms with Crippen LogP contribution in [0.2, 0.25) is 10.0 Å². The lowest BCUT2D eigenvalue weighted by Gasteiger charge is -2.09. The van der Waals surface area contributed by atoms with Crippen LogP contribution in [-0.2, 0) is 22.6 Å². The molecule has 2 heterocycles. The lowest BCUT2D eigenvalue weighted by atomic mass is 10.1. The number of nitrogens with zero attached hydrogens (tertiary/aromatic N) is 2. The van der Waals surface area contributed by atoms with Gasteiger partial charge in [0.2, 0.25) is 0 Å². The average Bonchev–Trinajstić information content (AvgIpc) is 3.51. The Morgan fingerprint density at radius 2 is 1.04 bits per heavy atom. The molecule has 10 heteroatoms. The second-order valence-corrected chi connectivity index (χ2v) is 11.9. The second-order valence-electron chi connectivity index (χ2n) is 11.0. The van der Waals surface area contributed by atoms with E-state index in [1.54, 1.807) is 97.0 Å². The van der Waals surface area contributed by atoms with Gasteiger partial charge in [0.15, 0.2) is 0 Å². The summed E-state index contributed by atoms with van der Waals surface area (Å²) < 4.78 is 20.0. The monoisotopic (exact) mass is 668 g/mol. The molecule has 0 amide bonds. The number of ether oxygens (including phenoxy) is 3. The first-order valence-corrected chi connectivity index (χ1v) is 15.5. The van der Waals surface area contributed by atoms with E-state index < -0.39 is 5.97 Å². The molecule has 0 radical (unpaired) electrons. The number of carbonyl (C=O) groups excluding carboxylic acids is 3. The number of hydrogen-bond donors (Lipinski definition) is 0. The van der Waals surface area contributed by atoms with Crippen molar-refractivity contribution in [2.75, 3.05) is 14.2 Å². The van der Waals surface area contributed by atoms with Crippen LogP contribution in [0.4, 0.5) is 0 Å². The molecule has 8 nitrogen and oxygen atoms in total. The Labute approximate surface area is 281 Å². The number of esters is 1. The molecular formula is C37H30Cl2N2O6. The third-order valence-corrected chi connectivity index (χ3v) is 8.87. The molecule has 47 heavy (non-hydrogen) atoms. The fourth-order valence-corrected chi connectivity index (χ4v) is 6.15. The van der Waals surface area contributed by atoms with Crippen molar-refractivity contribution in [3.8, 4) is 11.5 Å². The summed E-state index contributed by atoms with van der Waals surface area (Å²) in [4.78, 5) is 40.9. The third-order valence-electron chi connectivity index (χ3n) is 8.37. The van der Waals surface area contributed by atoms with Crippen molar-refractivity contribution >= 4 is 62.8 Å². The predicted octanol–water partition coefficient (Wildman–Crippen LogP) is 8.20. The Kier molecular flexibility index (Phi) is 8.82. The number of halogens is 2. The first-order valence-electron chi connectivity index (χ1n) is 14.7. The molecule has 6 rings (SSSR count). The van der Waals surface area contributed by atoms with Gasteiger partial charge in [-0.25, -0.2) is 0 Å². The molecule has 0 atom stereocenters. The summed E-state index contributed by atoms with van der Waals surface area (Å²) in [6.45, 7) is 3.53. The highest BCUT2D eigenvalue weighted by molar-refractivity contribution is 6.31. The van der Waals surface area contributed by atoms with Gasteiger partial charge in [-0.2, -0.15) is 0 Å². The second kappa shape index (κ2) is 13.0. The zero-order valence-corrected chi connectivity index (χ0v) is 27.6. The van der Waals surface area contributed by atoms with E-state index in [4.69, 9.17) is 37.4 Å². The van der Waals surface area contributed by atoms with E-state index in [1.807, 2.05) is 25.1 Å². The van der Waals surface area contributed by atoms with Crippen LogP contribution >= 0.6 is 23.2 Å².